The van der Waals surface area contributed by atoms with Crippen LogP contribution in [0.5, 0.6) is 0 Å². The van der Waals surface area contributed by atoms with E-state index >= 15 is 0 Å². The Labute approximate surface area is 156 Å². The zero-order chi connectivity index (χ0) is 17.6. The molecule has 0 bridgehead atoms. The minimum absolute atomic E-state index is 0.731. The molecule has 3 rings (SSSR count). The van der Waals surface area contributed by atoms with E-state index in [1.54, 1.807) is 0 Å². The second-order valence-corrected chi connectivity index (χ2v) is 7.21. The van der Waals surface area contributed by atoms with E-state index in [4.69, 9.17) is 0 Å². The van der Waals surface area contributed by atoms with Gasteiger partial charge in [0, 0.05) is 11.1 Å². The molecule has 0 atom stereocenters. The van der Waals surface area contributed by atoms with E-state index in [2.05, 4.69) is 65.4 Å². The van der Waals surface area contributed by atoms with Gasteiger partial charge >= 0.3 is 0 Å². The van der Waals surface area contributed by atoms with Crippen LogP contribution in [0, 0.1) is 24.7 Å². The van der Waals surface area contributed by atoms with E-state index in [9.17, 15) is 0 Å². The Hall–Kier alpha value is -2.20. The van der Waals surface area contributed by atoms with Crippen LogP contribution >= 0.6 is 12.2 Å². The monoisotopic (exact) mass is 345 g/mol. The van der Waals surface area contributed by atoms with Crippen LogP contribution < -0.4 is 0 Å². The van der Waals surface area contributed by atoms with Gasteiger partial charge in [0.25, 0.3) is 0 Å². The van der Waals surface area contributed by atoms with Crippen molar-refractivity contribution in [1.82, 2.24) is 0 Å². The molecule has 0 aliphatic heterocycles. The molecule has 1 fully saturated rings. The maximum absolute atomic E-state index is 4.64. The molecule has 0 saturated heterocycles. The second kappa shape index (κ2) is 8.26. The third kappa shape index (κ3) is 4.67. The van der Waals surface area contributed by atoms with E-state index in [1.165, 1.54) is 31.2 Å². The molecule has 1 saturated carbocycles. The highest BCUT2D eigenvalue weighted by atomic mass is 32.1. The Kier molecular flexibility index (Phi) is 5.82. The molecular formula is C23H23NS. The number of hydrogen-bond donors (Lipinski definition) is 0. The number of benzene rings is 2. The molecule has 0 aromatic heterocycles. The maximum atomic E-state index is 4.64. The molecule has 0 amide bonds. The molecule has 1 aliphatic carbocycles. The van der Waals surface area contributed by atoms with E-state index in [-0.39, 0.29) is 0 Å². The van der Waals surface area contributed by atoms with Gasteiger partial charge < -0.3 is 0 Å². The molecule has 2 aromatic carbocycles. The summed E-state index contributed by atoms with van der Waals surface area (Å²) in [5.74, 6) is 8.16. The molecule has 25 heavy (non-hydrogen) atoms. The Morgan fingerprint density at radius 2 is 1.68 bits per heavy atom. The molecule has 126 valence electrons. The van der Waals surface area contributed by atoms with Crippen molar-refractivity contribution in [3.8, 4) is 11.8 Å². The largest absolute Gasteiger partial charge is 0.195 e. The summed E-state index contributed by atoms with van der Waals surface area (Å²) in [5.41, 5.74) is 5.48. The molecule has 0 radical (unpaired) electrons. The molecule has 2 aromatic rings. The van der Waals surface area contributed by atoms with Crippen molar-refractivity contribution >= 4 is 23.1 Å². The summed E-state index contributed by atoms with van der Waals surface area (Å²) < 4.78 is 0. The van der Waals surface area contributed by atoms with Crippen LogP contribution in [0.3, 0.4) is 0 Å². The van der Waals surface area contributed by atoms with Crippen molar-refractivity contribution < 1.29 is 0 Å². The Bertz CT molecular complexity index is 840. The Morgan fingerprint density at radius 3 is 2.32 bits per heavy atom. The molecule has 1 nitrogen and oxygen atoms in total. The number of thiocarbonyl (C=S) groups is 1. The third-order valence-corrected chi connectivity index (χ3v) is 5.22. The first-order chi connectivity index (χ1) is 12.2. The fourth-order valence-electron chi connectivity index (χ4n) is 3.48. The topological polar surface area (TPSA) is 12.4 Å². The highest BCUT2D eigenvalue weighted by Gasteiger charge is 2.19. The summed E-state index contributed by atoms with van der Waals surface area (Å²) in [6.45, 7) is 4.41. The first-order valence-electron chi connectivity index (χ1n) is 8.96. The quantitative estimate of drug-likeness (QED) is 0.347. The van der Waals surface area contributed by atoms with Gasteiger partial charge in [-0.05, 0) is 85.3 Å². The SMILES string of the molecule is Cc1cc(N=C=S)ccc1C#Cc1ccc(C2CCC(C)CC2)cc1. The van der Waals surface area contributed by atoms with Crippen molar-refractivity contribution in [2.24, 2.45) is 10.9 Å². The fraction of sp³-hybridized carbons (Fsp3) is 0.348. The lowest BCUT2D eigenvalue weighted by Crippen LogP contribution is -2.10. The lowest BCUT2D eigenvalue weighted by atomic mass is 9.79. The van der Waals surface area contributed by atoms with Gasteiger partial charge in [0.2, 0.25) is 0 Å². The number of isothiocyanates is 1. The van der Waals surface area contributed by atoms with E-state index < -0.39 is 0 Å². The predicted octanol–water partition coefficient (Wildman–Crippen LogP) is 6.42. The van der Waals surface area contributed by atoms with Gasteiger partial charge in [0.15, 0.2) is 0 Å². The maximum Gasteiger partial charge on any atom is 0.0743 e. The van der Waals surface area contributed by atoms with Crippen LogP contribution in [-0.4, -0.2) is 5.16 Å². The lowest BCUT2D eigenvalue weighted by Gasteiger charge is -2.26. The zero-order valence-electron chi connectivity index (χ0n) is 14.9. The summed E-state index contributed by atoms with van der Waals surface area (Å²) in [6.07, 6.45) is 5.35. The summed E-state index contributed by atoms with van der Waals surface area (Å²) in [5, 5.41) is 2.40. The minimum Gasteiger partial charge on any atom is -0.195 e. The van der Waals surface area contributed by atoms with Crippen molar-refractivity contribution in [3.63, 3.8) is 0 Å². The highest BCUT2D eigenvalue weighted by Crippen LogP contribution is 2.35. The molecule has 0 unspecified atom stereocenters. The first kappa shape index (κ1) is 17.6. The normalized spacial score (nSPS) is 19.4. The number of aryl methyl sites for hydroxylation is 1. The molecule has 1 aliphatic rings. The van der Waals surface area contributed by atoms with Crippen molar-refractivity contribution in [2.45, 2.75) is 45.4 Å². The van der Waals surface area contributed by atoms with Gasteiger partial charge in [-0.2, -0.15) is 4.99 Å². The molecule has 0 spiro atoms. The fourth-order valence-corrected chi connectivity index (χ4v) is 3.59. The van der Waals surface area contributed by atoms with Gasteiger partial charge in [-0.25, -0.2) is 0 Å². The summed E-state index contributed by atoms with van der Waals surface area (Å²) in [4.78, 5) is 4.00. The number of nitrogens with zero attached hydrogens (tertiary/aromatic N) is 1. The molecule has 0 heterocycles. The number of rotatable bonds is 2. The van der Waals surface area contributed by atoms with Crippen molar-refractivity contribution in [2.75, 3.05) is 0 Å². The van der Waals surface area contributed by atoms with E-state index in [1.807, 2.05) is 25.1 Å². The smallest absolute Gasteiger partial charge is 0.0743 e. The predicted molar refractivity (Wildman–Crippen MR) is 109 cm³/mol. The number of hydrogen-bond acceptors (Lipinski definition) is 2. The van der Waals surface area contributed by atoms with Crippen LogP contribution in [0.2, 0.25) is 0 Å². The van der Waals surface area contributed by atoms with E-state index in [0.717, 1.165) is 34.2 Å². The second-order valence-electron chi connectivity index (χ2n) is 7.03. The zero-order valence-corrected chi connectivity index (χ0v) is 15.7. The Balaban J connectivity index is 1.72. The highest BCUT2D eigenvalue weighted by molar-refractivity contribution is 7.78. The van der Waals surface area contributed by atoms with Crippen molar-refractivity contribution in [3.05, 3.63) is 64.7 Å². The van der Waals surface area contributed by atoms with Crippen molar-refractivity contribution in [1.29, 1.82) is 0 Å². The van der Waals surface area contributed by atoms with Crippen LogP contribution in [0.15, 0.2) is 47.5 Å². The van der Waals surface area contributed by atoms with Gasteiger partial charge in [0.1, 0.15) is 0 Å². The van der Waals surface area contributed by atoms with Crippen LogP contribution in [-0.2, 0) is 0 Å². The molecule has 2 heteroatoms. The average molecular weight is 346 g/mol. The summed E-state index contributed by atoms with van der Waals surface area (Å²) in [7, 11) is 0. The van der Waals surface area contributed by atoms with Crippen LogP contribution in [0.1, 0.15) is 60.8 Å². The summed E-state index contributed by atoms with van der Waals surface area (Å²) >= 11 is 4.64. The number of aliphatic imine (C=N–C) groups is 1. The first-order valence-corrected chi connectivity index (χ1v) is 9.37. The molecular weight excluding hydrogens is 322 g/mol. The van der Waals surface area contributed by atoms with Gasteiger partial charge in [-0.3, -0.25) is 0 Å². The molecule has 0 N–H and O–H groups in total. The summed E-state index contributed by atoms with van der Waals surface area (Å²) in [6, 6.07) is 14.7. The van der Waals surface area contributed by atoms with Gasteiger partial charge in [-0.1, -0.05) is 43.7 Å². The van der Waals surface area contributed by atoms with Crippen LogP contribution in [0.4, 0.5) is 5.69 Å². The Morgan fingerprint density at radius 1 is 0.960 bits per heavy atom. The third-order valence-electron chi connectivity index (χ3n) is 5.12. The van der Waals surface area contributed by atoms with E-state index in [0.29, 0.717) is 0 Å². The minimum atomic E-state index is 0.731. The lowest BCUT2D eigenvalue weighted by molar-refractivity contribution is 0.348. The standard InChI is InChI=1S/C23H23NS/c1-17-3-8-21(9-4-17)22-11-6-19(7-12-22)5-10-20-13-14-23(24-16-25)15-18(20)2/h6-7,11-15,17,21H,3-4,8-9H2,1-2H3. The van der Waals surface area contributed by atoms with Crippen LogP contribution in [0.25, 0.3) is 0 Å². The van der Waals surface area contributed by atoms with Gasteiger partial charge in [0.05, 0.1) is 10.8 Å². The van der Waals surface area contributed by atoms with Gasteiger partial charge in [-0.15, -0.1) is 0 Å². The average Bonchev–Trinajstić information content (AvgIpc) is 2.62.